The average Bonchev–Trinajstić information content (AvgIpc) is 3.07. The molecule has 9 nitrogen and oxygen atoms in total. The zero-order chi connectivity index (χ0) is 23.8. The normalized spacial score (nSPS) is 21.8. The molecule has 4 rings (SSSR count). The summed E-state index contributed by atoms with van der Waals surface area (Å²) < 4.78 is 7.31. The molecule has 2 aliphatic heterocycles. The van der Waals surface area contributed by atoms with Gasteiger partial charge < -0.3 is 15.0 Å². The van der Waals surface area contributed by atoms with Gasteiger partial charge >= 0.3 is 6.09 Å². The third-order valence-corrected chi connectivity index (χ3v) is 6.21. The van der Waals surface area contributed by atoms with E-state index in [1.165, 1.54) is 0 Å². The van der Waals surface area contributed by atoms with Gasteiger partial charge in [0.2, 0.25) is 11.8 Å². The van der Waals surface area contributed by atoms with Crippen molar-refractivity contribution in [3.63, 3.8) is 0 Å². The van der Waals surface area contributed by atoms with Crippen LogP contribution in [0.4, 0.5) is 10.5 Å². The number of carbonyl (C=O) groups excluding carboxylic acids is 3. The summed E-state index contributed by atoms with van der Waals surface area (Å²) in [4.78, 5) is 38.0. The van der Waals surface area contributed by atoms with Crippen molar-refractivity contribution in [1.82, 2.24) is 20.0 Å². The number of nitrogens with one attached hydrogen (secondary N) is 2. The largest absolute Gasteiger partial charge is 0.444 e. The van der Waals surface area contributed by atoms with Crippen molar-refractivity contribution >= 4 is 34.5 Å². The number of hydrogen-bond acceptors (Lipinski definition) is 6. The SMILES string of the molecule is Cn1nc(C2CCC(=O)NC2=O)c2ccc(NC[C@H]3CCCN(C(=O)OC(C)(C)C)C3)cc21. The van der Waals surface area contributed by atoms with E-state index < -0.39 is 11.5 Å². The van der Waals surface area contributed by atoms with Crippen LogP contribution in [-0.4, -0.2) is 57.8 Å². The molecule has 1 aromatic heterocycles. The first-order chi connectivity index (χ1) is 15.6. The molecule has 1 unspecified atom stereocenters. The number of rotatable bonds is 4. The number of fused-ring (bicyclic) bond motifs is 1. The number of aromatic nitrogens is 2. The van der Waals surface area contributed by atoms with Gasteiger partial charge in [-0.2, -0.15) is 5.10 Å². The molecule has 2 aliphatic rings. The van der Waals surface area contributed by atoms with Crippen LogP contribution in [0.1, 0.15) is 58.1 Å². The fourth-order valence-electron chi connectivity index (χ4n) is 4.59. The minimum atomic E-state index is -0.493. The zero-order valence-corrected chi connectivity index (χ0v) is 19.8. The molecule has 0 spiro atoms. The molecular weight excluding hydrogens is 422 g/mol. The topological polar surface area (TPSA) is 106 Å². The minimum Gasteiger partial charge on any atom is -0.444 e. The number of amides is 3. The van der Waals surface area contributed by atoms with Crippen LogP contribution in [0, 0.1) is 5.92 Å². The monoisotopic (exact) mass is 455 g/mol. The maximum absolute atomic E-state index is 12.4. The first-order valence-corrected chi connectivity index (χ1v) is 11.6. The second kappa shape index (κ2) is 9.03. The van der Waals surface area contributed by atoms with Gasteiger partial charge in [0.1, 0.15) is 5.60 Å². The van der Waals surface area contributed by atoms with Crippen molar-refractivity contribution < 1.29 is 19.1 Å². The number of benzene rings is 1. The first kappa shape index (κ1) is 23.1. The molecule has 1 aromatic carbocycles. The van der Waals surface area contributed by atoms with E-state index in [1.54, 1.807) is 9.58 Å². The van der Waals surface area contributed by atoms with Crippen molar-refractivity contribution in [2.45, 2.75) is 58.0 Å². The Hall–Kier alpha value is -3.10. The van der Waals surface area contributed by atoms with Gasteiger partial charge in [-0.3, -0.25) is 19.6 Å². The molecule has 0 bridgehead atoms. The summed E-state index contributed by atoms with van der Waals surface area (Å²) in [6.45, 7) is 7.81. The highest BCUT2D eigenvalue weighted by atomic mass is 16.6. The second-order valence-electron chi connectivity index (χ2n) is 10.1. The van der Waals surface area contributed by atoms with Crippen LogP contribution in [0.15, 0.2) is 18.2 Å². The molecule has 0 aliphatic carbocycles. The highest BCUT2D eigenvalue weighted by molar-refractivity contribution is 6.02. The van der Waals surface area contributed by atoms with Gasteiger partial charge in [-0.05, 0) is 64.2 Å². The quantitative estimate of drug-likeness (QED) is 0.686. The van der Waals surface area contributed by atoms with Crippen molar-refractivity contribution in [2.24, 2.45) is 13.0 Å². The van der Waals surface area contributed by atoms with Gasteiger partial charge in [0, 0.05) is 44.2 Å². The lowest BCUT2D eigenvalue weighted by Crippen LogP contribution is -2.44. The Balaban J connectivity index is 1.41. The van der Waals surface area contributed by atoms with Crippen LogP contribution >= 0.6 is 0 Å². The van der Waals surface area contributed by atoms with E-state index in [2.05, 4.69) is 15.7 Å². The van der Waals surface area contributed by atoms with E-state index in [0.29, 0.717) is 31.0 Å². The molecule has 3 heterocycles. The standard InChI is InChI=1S/C24H33N5O4/c1-24(2,3)33-23(32)29-11-5-6-15(14-29)13-25-16-7-8-17-19(12-16)28(4)27-21(17)18-9-10-20(30)26-22(18)31/h7-8,12,15,18,25H,5-6,9-11,13-14H2,1-4H3,(H,26,30,31)/t15-,18?/m1/s1. The van der Waals surface area contributed by atoms with Crippen molar-refractivity contribution in [3.8, 4) is 0 Å². The van der Waals surface area contributed by atoms with E-state index in [1.807, 2.05) is 46.0 Å². The van der Waals surface area contributed by atoms with Gasteiger partial charge in [0.05, 0.1) is 17.1 Å². The molecular formula is C24H33N5O4. The smallest absolute Gasteiger partial charge is 0.410 e. The molecule has 2 N–H and O–H groups in total. The molecule has 0 radical (unpaired) electrons. The number of nitrogens with zero attached hydrogens (tertiary/aromatic N) is 3. The average molecular weight is 456 g/mol. The molecule has 2 atom stereocenters. The Bertz CT molecular complexity index is 1070. The molecule has 9 heteroatoms. The van der Waals surface area contributed by atoms with Gasteiger partial charge in [-0.25, -0.2) is 4.79 Å². The summed E-state index contributed by atoms with van der Waals surface area (Å²) in [5.41, 5.74) is 2.12. The Kier molecular flexibility index (Phi) is 6.32. The van der Waals surface area contributed by atoms with Crippen LogP contribution in [0.5, 0.6) is 0 Å². The molecule has 2 saturated heterocycles. The third-order valence-electron chi connectivity index (χ3n) is 6.21. The highest BCUT2D eigenvalue weighted by Crippen LogP contribution is 2.31. The molecule has 178 valence electrons. The lowest BCUT2D eigenvalue weighted by molar-refractivity contribution is -0.134. The van der Waals surface area contributed by atoms with E-state index in [0.717, 1.165) is 42.5 Å². The maximum atomic E-state index is 12.4. The summed E-state index contributed by atoms with van der Waals surface area (Å²) in [6.07, 6.45) is 2.58. The second-order valence-corrected chi connectivity index (χ2v) is 10.1. The number of likely N-dealkylation sites (tertiary alicyclic amines) is 1. The summed E-state index contributed by atoms with van der Waals surface area (Å²) in [7, 11) is 1.86. The van der Waals surface area contributed by atoms with Crippen molar-refractivity contribution in [1.29, 1.82) is 0 Å². The minimum absolute atomic E-state index is 0.226. The van der Waals surface area contributed by atoms with E-state index in [9.17, 15) is 14.4 Å². The lowest BCUT2D eigenvalue weighted by Gasteiger charge is -2.34. The number of piperidine rings is 2. The Labute approximate surface area is 193 Å². The summed E-state index contributed by atoms with van der Waals surface area (Å²) >= 11 is 0. The van der Waals surface area contributed by atoms with Crippen molar-refractivity contribution in [3.05, 3.63) is 23.9 Å². The lowest BCUT2D eigenvalue weighted by atomic mass is 9.93. The van der Waals surface area contributed by atoms with E-state index >= 15 is 0 Å². The molecule has 33 heavy (non-hydrogen) atoms. The van der Waals surface area contributed by atoms with Crippen LogP contribution in [-0.2, 0) is 21.4 Å². The zero-order valence-electron chi connectivity index (χ0n) is 19.8. The summed E-state index contributed by atoms with van der Waals surface area (Å²) in [6, 6.07) is 6.01. The first-order valence-electron chi connectivity index (χ1n) is 11.6. The number of carbonyl (C=O) groups is 3. The van der Waals surface area contributed by atoms with Crippen molar-refractivity contribution in [2.75, 3.05) is 25.0 Å². The molecule has 2 fully saturated rings. The summed E-state index contributed by atoms with van der Waals surface area (Å²) in [5, 5.41) is 11.4. The van der Waals surface area contributed by atoms with E-state index in [-0.39, 0.29) is 17.9 Å². The fourth-order valence-corrected chi connectivity index (χ4v) is 4.59. The Morgan fingerprint density at radius 3 is 2.79 bits per heavy atom. The Morgan fingerprint density at radius 2 is 2.06 bits per heavy atom. The fraction of sp³-hybridized carbons (Fsp3) is 0.583. The number of anilines is 1. The third kappa shape index (κ3) is 5.29. The molecule has 2 aromatic rings. The van der Waals surface area contributed by atoms with Crippen LogP contribution < -0.4 is 10.6 Å². The predicted molar refractivity (Wildman–Crippen MR) is 125 cm³/mol. The molecule has 3 amide bonds. The Morgan fingerprint density at radius 1 is 1.27 bits per heavy atom. The maximum Gasteiger partial charge on any atom is 0.410 e. The number of hydrogen-bond donors (Lipinski definition) is 2. The van der Waals surface area contributed by atoms with E-state index in [4.69, 9.17) is 4.74 Å². The van der Waals surface area contributed by atoms with Gasteiger partial charge in [-0.15, -0.1) is 0 Å². The van der Waals surface area contributed by atoms with Crippen LogP contribution in [0.3, 0.4) is 0 Å². The van der Waals surface area contributed by atoms with Crippen LogP contribution in [0.25, 0.3) is 10.9 Å². The predicted octanol–water partition coefficient (Wildman–Crippen LogP) is 3.15. The molecule has 0 saturated carbocycles. The van der Waals surface area contributed by atoms with Gasteiger partial charge in [-0.1, -0.05) is 0 Å². The number of aryl methyl sites for hydroxylation is 1. The number of ether oxygens (including phenoxy) is 1. The van der Waals surface area contributed by atoms with Gasteiger partial charge in [0.15, 0.2) is 0 Å². The highest BCUT2D eigenvalue weighted by Gasteiger charge is 2.32. The van der Waals surface area contributed by atoms with Gasteiger partial charge in [0.25, 0.3) is 0 Å². The number of imide groups is 1. The summed E-state index contributed by atoms with van der Waals surface area (Å²) in [5.74, 6) is -0.574. The van der Waals surface area contributed by atoms with Crippen LogP contribution in [0.2, 0.25) is 0 Å².